The molecule has 0 amide bonds. The van der Waals surface area contributed by atoms with Crippen molar-refractivity contribution in [2.75, 3.05) is 27.5 Å². The van der Waals surface area contributed by atoms with E-state index in [1.54, 1.807) is 0 Å². The minimum Gasteiger partial charge on any atom is -0.466 e. The molecule has 0 aliphatic heterocycles. The smallest absolute Gasteiger partial charge is 0.420 e. The number of ether oxygens (including phenoxy) is 1. The Bertz CT molecular complexity index is 133. The van der Waals surface area contributed by atoms with Gasteiger partial charge in [0, 0.05) is 0 Å². The first-order valence-electron chi connectivity index (χ1n) is 2.87. The maximum Gasteiger partial charge on any atom is 0.420 e. The lowest BCUT2D eigenvalue weighted by Crippen LogP contribution is -2.13. The van der Waals surface area contributed by atoms with E-state index in [0.29, 0.717) is 0 Å². The molecule has 0 spiro atoms. The van der Waals surface area contributed by atoms with Crippen LogP contribution in [0.15, 0.2) is 0 Å². The second kappa shape index (κ2) is 4.62. The minimum atomic E-state index is -2.98. The Hall–Kier alpha value is -0.220. The molecule has 0 radical (unpaired) electrons. The van der Waals surface area contributed by atoms with E-state index in [1.807, 2.05) is 0 Å². The van der Waals surface area contributed by atoms with Gasteiger partial charge in [-0.05, 0) is 0 Å². The summed E-state index contributed by atoms with van der Waals surface area (Å²) in [7, 11) is 0.812. The van der Waals surface area contributed by atoms with Gasteiger partial charge in [0.05, 0.1) is 21.3 Å². The Kier molecular flexibility index (Phi) is 4.52. The van der Waals surface area contributed by atoms with Crippen molar-refractivity contribution in [2.24, 2.45) is 0 Å². The molecule has 0 heterocycles. The lowest BCUT2D eigenvalue weighted by molar-refractivity contribution is -0.137. The summed E-state index contributed by atoms with van der Waals surface area (Å²) in [6.07, 6.45) is -0.240. The molecule has 11 heavy (non-hydrogen) atoms. The SMILES string of the molecule is COC(=O)C[P+](O)(OC)OC. The van der Waals surface area contributed by atoms with Gasteiger partial charge in [-0.2, -0.15) is 13.9 Å². The van der Waals surface area contributed by atoms with Gasteiger partial charge in [0.2, 0.25) is 6.16 Å². The molecule has 0 saturated carbocycles. The fourth-order valence-corrected chi connectivity index (χ4v) is 1.29. The van der Waals surface area contributed by atoms with Crippen LogP contribution in [0.2, 0.25) is 0 Å². The largest absolute Gasteiger partial charge is 0.466 e. The van der Waals surface area contributed by atoms with Crippen LogP contribution >= 0.6 is 7.94 Å². The quantitative estimate of drug-likeness (QED) is 0.498. The molecule has 0 fully saturated rings. The van der Waals surface area contributed by atoms with Crippen molar-refractivity contribution in [3.63, 3.8) is 0 Å². The predicted octanol–water partition coefficient (Wildman–Crippen LogP) is 0.207. The number of hydrogen-bond donors (Lipinski definition) is 1. The Morgan fingerprint density at radius 1 is 1.36 bits per heavy atom. The Morgan fingerprint density at radius 2 is 1.82 bits per heavy atom. The van der Waals surface area contributed by atoms with Crippen LogP contribution in [0.5, 0.6) is 0 Å². The van der Waals surface area contributed by atoms with E-state index >= 15 is 0 Å². The highest BCUT2D eigenvalue weighted by atomic mass is 31.2. The Labute approximate surface area is 65.8 Å². The lowest BCUT2D eigenvalue weighted by Gasteiger charge is -2.10. The van der Waals surface area contributed by atoms with Gasteiger partial charge in [-0.15, -0.1) is 0 Å². The summed E-state index contributed by atoms with van der Waals surface area (Å²) in [6.45, 7) is 0. The van der Waals surface area contributed by atoms with Crippen LogP contribution in [0.1, 0.15) is 0 Å². The van der Waals surface area contributed by atoms with Crippen molar-refractivity contribution in [3.05, 3.63) is 0 Å². The molecule has 0 saturated heterocycles. The number of carbonyl (C=O) groups excluding carboxylic acids is 1. The van der Waals surface area contributed by atoms with Crippen molar-refractivity contribution in [2.45, 2.75) is 0 Å². The Balaban J connectivity index is 3.96. The lowest BCUT2D eigenvalue weighted by atomic mass is 10.8. The van der Waals surface area contributed by atoms with Crippen molar-refractivity contribution >= 4 is 13.9 Å². The first-order chi connectivity index (χ1) is 5.08. The van der Waals surface area contributed by atoms with Crippen molar-refractivity contribution in [1.82, 2.24) is 0 Å². The first kappa shape index (κ1) is 10.8. The molecular formula is C5H12O5P+. The first-order valence-corrected chi connectivity index (χ1v) is 4.63. The molecule has 5 nitrogen and oxygen atoms in total. The number of methoxy groups -OCH3 is 1. The Morgan fingerprint density at radius 3 is 2.09 bits per heavy atom. The molecule has 0 aromatic carbocycles. The molecule has 66 valence electrons. The van der Waals surface area contributed by atoms with Gasteiger partial charge < -0.3 is 4.74 Å². The zero-order chi connectivity index (χ0) is 8.91. The second-order valence-corrected chi connectivity index (χ2v) is 4.06. The highest BCUT2D eigenvalue weighted by Crippen LogP contribution is 2.55. The number of rotatable bonds is 4. The summed E-state index contributed by atoms with van der Waals surface area (Å²) in [4.78, 5) is 19.9. The highest BCUT2D eigenvalue weighted by Gasteiger charge is 2.41. The van der Waals surface area contributed by atoms with E-state index in [-0.39, 0.29) is 6.16 Å². The van der Waals surface area contributed by atoms with Gasteiger partial charge >= 0.3 is 13.9 Å². The van der Waals surface area contributed by atoms with E-state index in [1.165, 1.54) is 21.3 Å². The third kappa shape index (κ3) is 3.62. The molecule has 0 rings (SSSR count). The topological polar surface area (TPSA) is 65.0 Å². The van der Waals surface area contributed by atoms with Gasteiger partial charge in [-0.3, -0.25) is 0 Å². The van der Waals surface area contributed by atoms with Gasteiger partial charge in [-0.1, -0.05) is 0 Å². The average molecular weight is 183 g/mol. The van der Waals surface area contributed by atoms with E-state index in [4.69, 9.17) is 0 Å². The molecule has 0 aliphatic rings. The van der Waals surface area contributed by atoms with Crippen LogP contribution in [0.4, 0.5) is 0 Å². The molecule has 6 heteroatoms. The molecule has 1 N–H and O–H groups in total. The molecule has 0 bridgehead atoms. The molecule has 0 aromatic rings. The van der Waals surface area contributed by atoms with Crippen LogP contribution < -0.4 is 0 Å². The number of esters is 1. The maximum atomic E-state index is 10.6. The monoisotopic (exact) mass is 183 g/mol. The summed E-state index contributed by atoms with van der Waals surface area (Å²) in [5.74, 6) is -0.551. The maximum absolute atomic E-state index is 10.6. The van der Waals surface area contributed by atoms with Crippen molar-refractivity contribution < 1.29 is 23.5 Å². The van der Waals surface area contributed by atoms with Crippen molar-refractivity contribution in [1.29, 1.82) is 0 Å². The minimum absolute atomic E-state index is 0.240. The summed E-state index contributed by atoms with van der Waals surface area (Å²) in [5, 5.41) is 0. The molecule has 0 aliphatic carbocycles. The van der Waals surface area contributed by atoms with Gasteiger partial charge in [-0.25, -0.2) is 4.79 Å². The zero-order valence-corrected chi connectivity index (χ0v) is 7.63. The third-order valence-electron chi connectivity index (χ3n) is 1.13. The normalized spacial score (nSPS) is 11.3. The fourth-order valence-electron chi connectivity index (χ4n) is 0.431. The fraction of sp³-hybridized carbons (Fsp3) is 0.800. The second-order valence-electron chi connectivity index (χ2n) is 1.74. The third-order valence-corrected chi connectivity index (χ3v) is 2.93. The van der Waals surface area contributed by atoms with Gasteiger partial charge in [0.15, 0.2) is 0 Å². The predicted molar refractivity (Wildman–Crippen MR) is 40.0 cm³/mol. The van der Waals surface area contributed by atoms with Crippen molar-refractivity contribution in [3.8, 4) is 0 Å². The summed E-state index contributed by atoms with van der Waals surface area (Å²) < 4.78 is 13.5. The van der Waals surface area contributed by atoms with Gasteiger partial charge in [0.1, 0.15) is 0 Å². The van der Waals surface area contributed by atoms with E-state index < -0.39 is 13.9 Å². The number of hydrogen-bond acceptors (Lipinski definition) is 5. The number of carbonyl (C=O) groups is 1. The molecule has 0 aromatic heterocycles. The van der Waals surface area contributed by atoms with Gasteiger partial charge in [0.25, 0.3) is 0 Å². The van der Waals surface area contributed by atoms with Crippen LogP contribution in [-0.2, 0) is 18.6 Å². The van der Waals surface area contributed by atoms with E-state index in [9.17, 15) is 9.69 Å². The molecular weight excluding hydrogens is 171 g/mol. The molecule has 0 atom stereocenters. The summed E-state index contributed by atoms with van der Waals surface area (Å²) in [5.41, 5.74) is 0. The summed E-state index contributed by atoms with van der Waals surface area (Å²) >= 11 is 0. The molecule has 0 unspecified atom stereocenters. The zero-order valence-electron chi connectivity index (χ0n) is 6.73. The van der Waals surface area contributed by atoms with E-state index in [0.717, 1.165) is 0 Å². The van der Waals surface area contributed by atoms with Crippen LogP contribution in [-0.4, -0.2) is 38.4 Å². The summed E-state index contributed by atoms with van der Waals surface area (Å²) in [6, 6.07) is 0. The highest BCUT2D eigenvalue weighted by molar-refractivity contribution is 7.61. The van der Waals surface area contributed by atoms with Crippen LogP contribution in [0, 0.1) is 0 Å². The van der Waals surface area contributed by atoms with E-state index in [2.05, 4.69) is 13.8 Å². The van der Waals surface area contributed by atoms with Crippen LogP contribution in [0.3, 0.4) is 0 Å². The average Bonchev–Trinajstić information content (AvgIpc) is 2.04. The standard InChI is InChI=1S/C5H12O5P/c1-8-5(6)4-11(7,9-2)10-3/h7H,4H2,1-3H3/q+1. The van der Waals surface area contributed by atoms with Crippen LogP contribution in [0.25, 0.3) is 0 Å².